The highest BCUT2D eigenvalue weighted by Gasteiger charge is 2.52. The molecule has 1 aromatic carbocycles. The average Bonchev–Trinajstić information content (AvgIpc) is 3.60. The van der Waals surface area contributed by atoms with Gasteiger partial charge in [-0.25, -0.2) is 35.6 Å². The van der Waals surface area contributed by atoms with Crippen molar-refractivity contribution < 1.29 is 30.8 Å². The molecule has 0 radical (unpaired) electrons. The van der Waals surface area contributed by atoms with Gasteiger partial charge in [0.25, 0.3) is 21.6 Å². The maximum atomic E-state index is 14.3. The van der Waals surface area contributed by atoms with E-state index in [2.05, 4.69) is 20.2 Å². The number of carbonyl (C=O) groups excluding carboxylic acids is 1. The van der Waals surface area contributed by atoms with Crippen LogP contribution in [0.5, 0.6) is 0 Å². The van der Waals surface area contributed by atoms with E-state index < -0.39 is 57.0 Å². The van der Waals surface area contributed by atoms with E-state index in [0.29, 0.717) is 26.8 Å². The van der Waals surface area contributed by atoms with Gasteiger partial charge < -0.3 is 0 Å². The molecule has 2 atom stereocenters. The molecule has 0 amide bonds. The first-order valence-electron chi connectivity index (χ1n) is 13.3. The van der Waals surface area contributed by atoms with Crippen molar-refractivity contribution in [3.8, 4) is 5.69 Å². The van der Waals surface area contributed by atoms with Gasteiger partial charge in [0.15, 0.2) is 5.78 Å². The van der Waals surface area contributed by atoms with Crippen molar-refractivity contribution in [2.75, 3.05) is 6.54 Å². The summed E-state index contributed by atoms with van der Waals surface area (Å²) < 4.78 is 86.1. The number of carbonyl (C=O) groups is 1. The van der Waals surface area contributed by atoms with Crippen LogP contribution in [0.2, 0.25) is 0 Å². The summed E-state index contributed by atoms with van der Waals surface area (Å²) in [5, 5.41) is 7.65. The zero-order valence-corrected chi connectivity index (χ0v) is 23.6. The fourth-order valence-corrected chi connectivity index (χ4v) is 7.52. The summed E-state index contributed by atoms with van der Waals surface area (Å²) in [5.74, 6) is -1.66. The SMILES string of the molecule is Cn1cnc(S(=O)(=O)N(CC(F)F)[C@H]2CCC3=Cc4c(cnn4-c4ccc(F)cc4)C[C@]3(C(=O)c3cc(F)ccn3)C2)n1. The lowest BCUT2D eigenvalue weighted by Crippen LogP contribution is -2.52. The van der Waals surface area contributed by atoms with Gasteiger partial charge >= 0.3 is 0 Å². The second kappa shape index (κ2) is 10.8. The number of hydrogen-bond acceptors (Lipinski definition) is 7. The Kier molecular flexibility index (Phi) is 7.24. The van der Waals surface area contributed by atoms with Crippen LogP contribution in [0.25, 0.3) is 11.8 Å². The second-order valence-electron chi connectivity index (χ2n) is 10.6. The number of alkyl halides is 2. The fraction of sp³-hybridized carbons (Fsp3) is 0.321. The third-order valence-corrected chi connectivity index (χ3v) is 9.65. The number of halogens is 4. The molecule has 0 aliphatic heterocycles. The zero-order valence-electron chi connectivity index (χ0n) is 22.7. The number of Topliss-reactive ketones (excluding diaryl/α,β-unsaturated/α-hetero) is 1. The first-order valence-corrected chi connectivity index (χ1v) is 14.8. The number of nitrogens with zero attached hydrogens (tertiary/aromatic N) is 7. The smallest absolute Gasteiger partial charge is 0.282 e. The molecule has 0 spiro atoms. The van der Waals surface area contributed by atoms with Crippen molar-refractivity contribution in [3.05, 3.63) is 89.3 Å². The Hall–Kier alpha value is -4.24. The summed E-state index contributed by atoms with van der Waals surface area (Å²) in [5.41, 5.74) is 0.854. The molecule has 10 nitrogen and oxygen atoms in total. The number of aryl methyl sites for hydroxylation is 1. The molecular weight excluding hydrogens is 590 g/mol. The van der Waals surface area contributed by atoms with E-state index in [1.165, 1.54) is 19.2 Å². The second-order valence-corrected chi connectivity index (χ2v) is 12.4. The lowest BCUT2D eigenvalue weighted by atomic mass is 9.60. The van der Waals surface area contributed by atoms with E-state index in [9.17, 15) is 30.8 Å². The molecule has 0 saturated heterocycles. The number of fused-ring (bicyclic) bond motifs is 2. The average molecular weight is 616 g/mol. The minimum absolute atomic E-state index is 0.0350. The molecule has 2 aliphatic rings. The highest BCUT2D eigenvalue weighted by molar-refractivity contribution is 7.89. The van der Waals surface area contributed by atoms with Gasteiger partial charge in [0.05, 0.1) is 29.5 Å². The summed E-state index contributed by atoms with van der Waals surface area (Å²) in [7, 11) is -3.12. The van der Waals surface area contributed by atoms with Gasteiger partial charge in [0, 0.05) is 25.4 Å². The van der Waals surface area contributed by atoms with Gasteiger partial charge in [-0.2, -0.15) is 9.40 Å². The van der Waals surface area contributed by atoms with Gasteiger partial charge in [-0.3, -0.25) is 14.5 Å². The number of benzene rings is 1. The third kappa shape index (κ3) is 5.16. The minimum Gasteiger partial charge on any atom is -0.291 e. The molecule has 15 heteroatoms. The largest absolute Gasteiger partial charge is 0.291 e. The minimum atomic E-state index is -4.58. The molecule has 0 unspecified atom stereocenters. The molecule has 0 N–H and O–H groups in total. The topological polar surface area (TPSA) is 116 Å². The lowest BCUT2D eigenvalue weighted by molar-refractivity contribution is 0.0655. The first kappa shape index (κ1) is 28.9. The van der Waals surface area contributed by atoms with Crippen molar-refractivity contribution in [1.82, 2.24) is 33.8 Å². The maximum absolute atomic E-state index is 14.3. The number of hydrogen-bond donors (Lipinski definition) is 0. The molecule has 1 saturated carbocycles. The molecular formula is C28H25F4N7O3S. The van der Waals surface area contributed by atoms with Crippen LogP contribution in [0.3, 0.4) is 0 Å². The molecule has 1 fully saturated rings. The van der Waals surface area contributed by atoms with E-state index >= 15 is 0 Å². The number of rotatable bonds is 8. The van der Waals surface area contributed by atoms with Crippen molar-refractivity contribution in [2.45, 2.75) is 43.3 Å². The maximum Gasteiger partial charge on any atom is 0.282 e. The standard InChI is InChI=1S/C28H25F4N7O3S/c1-37-16-34-27(36-37)43(41,42)38(15-25(31)32)22-5-2-18-10-24-17(14-35-39(24)21-6-3-19(29)4-7-21)12-28(18,13-22)26(40)23-11-20(30)8-9-33-23/h3-4,6-11,14,16,22,25H,2,5,12-13,15H2,1H3/t22-,28-/m0/s1. The van der Waals surface area contributed by atoms with E-state index in [-0.39, 0.29) is 31.4 Å². The third-order valence-electron chi connectivity index (χ3n) is 7.94. The zero-order chi connectivity index (χ0) is 30.5. The van der Waals surface area contributed by atoms with Crippen molar-refractivity contribution in [1.29, 1.82) is 0 Å². The van der Waals surface area contributed by atoms with E-state index in [0.717, 1.165) is 29.3 Å². The Morgan fingerprint density at radius 3 is 2.58 bits per heavy atom. The Balaban J connectivity index is 1.45. The normalized spacial score (nSPS) is 20.2. The van der Waals surface area contributed by atoms with Gasteiger partial charge in [-0.05, 0) is 67.7 Å². The van der Waals surface area contributed by atoms with Crippen LogP contribution in [0, 0.1) is 17.0 Å². The van der Waals surface area contributed by atoms with Gasteiger partial charge in [-0.1, -0.05) is 5.57 Å². The number of ketones is 1. The Bertz CT molecular complexity index is 1840. The number of aromatic nitrogens is 6. The molecule has 0 bridgehead atoms. The summed E-state index contributed by atoms with van der Waals surface area (Å²) in [6, 6.07) is 6.76. The van der Waals surface area contributed by atoms with Crippen LogP contribution in [-0.4, -0.2) is 67.0 Å². The van der Waals surface area contributed by atoms with Gasteiger partial charge in [0.2, 0.25) is 0 Å². The molecule has 4 aromatic rings. The van der Waals surface area contributed by atoms with Crippen LogP contribution < -0.4 is 0 Å². The predicted octanol–water partition coefficient (Wildman–Crippen LogP) is 3.99. The van der Waals surface area contributed by atoms with Crippen molar-refractivity contribution in [3.63, 3.8) is 0 Å². The molecule has 6 rings (SSSR count). The Morgan fingerprint density at radius 1 is 1.14 bits per heavy atom. The van der Waals surface area contributed by atoms with Crippen molar-refractivity contribution in [2.24, 2.45) is 12.5 Å². The van der Waals surface area contributed by atoms with Crippen molar-refractivity contribution >= 4 is 21.9 Å². The summed E-state index contributed by atoms with van der Waals surface area (Å²) in [6.07, 6.45) is 2.77. The van der Waals surface area contributed by atoms with Crippen LogP contribution in [0.15, 0.2) is 65.8 Å². The molecule has 2 aliphatic carbocycles. The summed E-state index contributed by atoms with van der Waals surface area (Å²) in [4.78, 5) is 22.1. The molecule has 3 aromatic heterocycles. The van der Waals surface area contributed by atoms with Gasteiger partial charge in [-0.15, -0.1) is 5.10 Å². The highest BCUT2D eigenvalue weighted by Crippen LogP contribution is 2.51. The van der Waals surface area contributed by atoms with E-state index in [1.807, 2.05) is 0 Å². The number of sulfonamides is 1. The van der Waals surface area contributed by atoms with E-state index in [1.54, 1.807) is 29.1 Å². The van der Waals surface area contributed by atoms with Crippen LogP contribution in [0.4, 0.5) is 17.6 Å². The molecule has 224 valence electrons. The quantitative estimate of drug-likeness (QED) is 0.217. The number of pyridine rings is 1. The monoisotopic (exact) mass is 615 g/mol. The Morgan fingerprint density at radius 2 is 1.91 bits per heavy atom. The number of allylic oxidation sites excluding steroid dienone is 1. The van der Waals surface area contributed by atoms with E-state index in [4.69, 9.17) is 0 Å². The fourth-order valence-electron chi connectivity index (χ4n) is 6.01. The van der Waals surface area contributed by atoms with Crippen LogP contribution >= 0.6 is 0 Å². The lowest BCUT2D eigenvalue weighted by Gasteiger charge is -2.46. The Labute approximate surface area is 243 Å². The van der Waals surface area contributed by atoms with Crippen LogP contribution in [-0.2, 0) is 23.5 Å². The summed E-state index contributed by atoms with van der Waals surface area (Å²) >= 11 is 0. The molecule has 43 heavy (non-hydrogen) atoms. The molecule has 3 heterocycles. The summed E-state index contributed by atoms with van der Waals surface area (Å²) in [6.45, 7) is -1.12. The van der Waals surface area contributed by atoms with Crippen LogP contribution in [0.1, 0.15) is 41.0 Å². The van der Waals surface area contributed by atoms with Gasteiger partial charge in [0.1, 0.15) is 23.7 Å². The first-order chi connectivity index (χ1) is 20.5. The highest BCUT2D eigenvalue weighted by atomic mass is 32.2. The predicted molar refractivity (Wildman–Crippen MR) is 145 cm³/mol.